The van der Waals surface area contributed by atoms with Crippen LogP contribution in [0.15, 0.2) is 12.4 Å². The molecule has 6 nitrogen and oxygen atoms in total. The molecule has 3 aliphatic heterocycles. The summed E-state index contributed by atoms with van der Waals surface area (Å²) in [7, 11) is 1.93. The van der Waals surface area contributed by atoms with Gasteiger partial charge in [-0.05, 0) is 24.8 Å². The number of hydrogen-bond acceptors (Lipinski definition) is 4. The zero-order valence-electron chi connectivity index (χ0n) is 13.1. The van der Waals surface area contributed by atoms with E-state index in [1.54, 1.807) is 0 Å². The third-order valence-corrected chi connectivity index (χ3v) is 5.68. The molecule has 0 bridgehead atoms. The third kappa shape index (κ3) is 2.34. The maximum absolute atomic E-state index is 12.1. The van der Waals surface area contributed by atoms with Gasteiger partial charge in [-0.25, -0.2) is 0 Å². The van der Waals surface area contributed by atoms with Crippen molar-refractivity contribution in [2.45, 2.75) is 43.2 Å². The second-order valence-corrected chi connectivity index (χ2v) is 6.96. The first-order valence-electron chi connectivity index (χ1n) is 8.28. The van der Waals surface area contributed by atoms with Crippen molar-refractivity contribution in [1.82, 2.24) is 20.0 Å². The van der Waals surface area contributed by atoms with Gasteiger partial charge in [0, 0.05) is 56.9 Å². The van der Waals surface area contributed by atoms with E-state index >= 15 is 0 Å². The molecular weight excluding hydrogens is 280 g/mol. The molecule has 0 aliphatic carbocycles. The number of aromatic nitrogens is 2. The first-order chi connectivity index (χ1) is 10.7. The minimum absolute atomic E-state index is 0.0733. The van der Waals surface area contributed by atoms with Crippen LogP contribution < -0.4 is 5.32 Å². The fraction of sp³-hybridized carbons (Fsp3) is 0.750. The summed E-state index contributed by atoms with van der Waals surface area (Å²) in [4.78, 5) is 14.6. The van der Waals surface area contributed by atoms with Gasteiger partial charge in [0.05, 0.1) is 12.8 Å². The van der Waals surface area contributed by atoms with E-state index in [4.69, 9.17) is 4.74 Å². The summed E-state index contributed by atoms with van der Waals surface area (Å²) in [6.45, 7) is 3.85. The zero-order chi connectivity index (χ0) is 15.2. The van der Waals surface area contributed by atoms with E-state index in [1.165, 1.54) is 5.56 Å². The van der Waals surface area contributed by atoms with Crippen LogP contribution in [0.5, 0.6) is 0 Å². The Bertz CT molecular complexity index is 556. The maximum Gasteiger partial charge on any atom is 0.221 e. The van der Waals surface area contributed by atoms with Crippen LogP contribution in [0, 0.1) is 0 Å². The predicted molar refractivity (Wildman–Crippen MR) is 81.5 cm³/mol. The van der Waals surface area contributed by atoms with Gasteiger partial charge in [0.15, 0.2) is 0 Å². The zero-order valence-corrected chi connectivity index (χ0v) is 13.1. The Morgan fingerprint density at radius 3 is 2.86 bits per heavy atom. The van der Waals surface area contributed by atoms with Crippen LogP contribution in [-0.4, -0.2) is 58.5 Å². The van der Waals surface area contributed by atoms with E-state index in [0.717, 1.165) is 45.6 Å². The number of hydrogen-bond donors (Lipinski definition) is 1. The van der Waals surface area contributed by atoms with Crippen molar-refractivity contribution in [2.24, 2.45) is 7.05 Å². The minimum atomic E-state index is -0.0733. The van der Waals surface area contributed by atoms with Crippen molar-refractivity contribution in [2.75, 3.05) is 26.3 Å². The van der Waals surface area contributed by atoms with Gasteiger partial charge >= 0.3 is 0 Å². The molecule has 6 heteroatoms. The van der Waals surface area contributed by atoms with Gasteiger partial charge in [-0.3, -0.25) is 14.4 Å². The molecule has 0 unspecified atom stereocenters. The topological polar surface area (TPSA) is 59.4 Å². The van der Waals surface area contributed by atoms with Crippen LogP contribution in [0.1, 0.15) is 37.2 Å². The van der Waals surface area contributed by atoms with Crippen LogP contribution in [0.3, 0.4) is 0 Å². The van der Waals surface area contributed by atoms with Crippen LogP contribution in [0.25, 0.3) is 0 Å². The smallest absolute Gasteiger partial charge is 0.221 e. The van der Waals surface area contributed by atoms with Crippen LogP contribution in [-0.2, 0) is 16.6 Å². The SMILES string of the molecule is Cn1cc([C@H]2CC(=O)NC23CCN([C@@H]2CCOC2)CC3)cn1. The number of nitrogens with one attached hydrogen (secondary N) is 1. The lowest BCUT2D eigenvalue weighted by Gasteiger charge is -2.44. The summed E-state index contributed by atoms with van der Waals surface area (Å²) >= 11 is 0. The molecule has 1 aromatic rings. The van der Waals surface area contributed by atoms with Crippen molar-refractivity contribution < 1.29 is 9.53 Å². The molecule has 22 heavy (non-hydrogen) atoms. The van der Waals surface area contributed by atoms with Crippen molar-refractivity contribution in [1.29, 1.82) is 0 Å². The standard InChI is InChI=1S/C16H24N4O2/c1-19-10-12(9-17-19)14-8-15(21)18-16(14)3-5-20(6-4-16)13-2-7-22-11-13/h9-10,13-14H,2-8,11H2,1H3,(H,18,21)/t13-,14-/m1/s1. The number of rotatable bonds is 2. The van der Waals surface area contributed by atoms with Gasteiger partial charge in [-0.2, -0.15) is 5.10 Å². The Morgan fingerprint density at radius 1 is 1.41 bits per heavy atom. The van der Waals surface area contributed by atoms with Gasteiger partial charge in [0.25, 0.3) is 0 Å². The molecular formula is C16H24N4O2. The molecule has 1 spiro atoms. The lowest BCUT2D eigenvalue weighted by Crippen LogP contribution is -2.55. The number of piperidine rings is 1. The van der Waals surface area contributed by atoms with E-state index in [-0.39, 0.29) is 17.4 Å². The molecule has 1 amide bonds. The molecule has 0 aromatic carbocycles. The Kier molecular flexibility index (Phi) is 3.46. The highest BCUT2D eigenvalue weighted by molar-refractivity contribution is 5.81. The summed E-state index contributed by atoms with van der Waals surface area (Å²) < 4.78 is 7.35. The summed E-state index contributed by atoms with van der Waals surface area (Å²) in [6.07, 6.45) is 7.76. The van der Waals surface area contributed by atoms with Crippen LogP contribution in [0.2, 0.25) is 0 Å². The number of carbonyl (C=O) groups is 1. The molecule has 2 atom stereocenters. The van der Waals surface area contributed by atoms with E-state index in [2.05, 4.69) is 21.5 Å². The minimum Gasteiger partial charge on any atom is -0.380 e. The fourth-order valence-corrected chi connectivity index (χ4v) is 4.43. The quantitative estimate of drug-likeness (QED) is 0.871. The number of amides is 1. The Balaban J connectivity index is 1.51. The average Bonchev–Trinajstić information content (AvgIpc) is 3.21. The number of aryl methyl sites for hydroxylation is 1. The lowest BCUT2D eigenvalue weighted by molar-refractivity contribution is -0.120. The molecule has 3 aliphatic rings. The average molecular weight is 304 g/mol. The number of ether oxygens (including phenoxy) is 1. The van der Waals surface area contributed by atoms with E-state index < -0.39 is 0 Å². The molecule has 1 aromatic heterocycles. The second kappa shape index (κ2) is 5.35. The number of likely N-dealkylation sites (tertiary alicyclic amines) is 1. The molecule has 3 saturated heterocycles. The van der Waals surface area contributed by atoms with Gasteiger partial charge in [0.1, 0.15) is 0 Å². The molecule has 3 fully saturated rings. The van der Waals surface area contributed by atoms with Gasteiger partial charge in [0.2, 0.25) is 5.91 Å². The highest BCUT2D eigenvalue weighted by Gasteiger charge is 2.49. The summed E-state index contributed by atoms with van der Waals surface area (Å²) in [5.74, 6) is 0.446. The number of carbonyl (C=O) groups excluding carboxylic acids is 1. The Morgan fingerprint density at radius 2 is 2.23 bits per heavy atom. The fourth-order valence-electron chi connectivity index (χ4n) is 4.43. The van der Waals surface area contributed by atoms with Gasteiger partial charge in [-0.1, -0.05) is 0 Å². The first kappa shape index (κ1) is 14.2. The lowest BCUT2D eigenvalue weighted by atomic mass is 9.75. The van der Waals surface area contributed by atoms with Crippen molar-refractivity contribution >= 4 is 5.91 Å². The van der Waals surface area contributed by atoms with Gasteiger partial charge in [-0.15, -0.1) is 0 Å². The van der Waals surface area contributed by atoms with E-state index in [0.29, 0.717) is 12.5 Å². The monoisotopic (exact) mass is 304 g/mol. The van der Waals surface area contributed by atoms with Crippen LogP contribution >= 0.6 is 0 Å². The summed E-state index contributed by atoms with van der Waals surface area (Å²) in [5.41, 5.74) is 1.12. The Hall–Kier alpha value is -1.40. The molecule has 1 N–H and O–H groups in total. The third-order valence-electron chi connectivity index (χ3n) is 5.68. The number of nitrogens with zero attached hydrogens (tertiary/aromatic N) is 3. The molecule has 4 rings (SSSR count). The van der Waals surface area contributed by atoms with E-state index in [9.17, 15) is 4.79 Å². The maximum atomic E-state index is 12.1. The normalized spacial score (nSPS) is 31.8. The summed E-state index contributed by atoms with van der Waals surface area (Å²) in [6, 6.07) is 0.575. The van der Waals surface area contributed by atoms with Crippen LogP contribution in [0.4, 0.5) is 0 Å². The molecule has 0 saturated carbocycles. The molecule has 120 valence electrons. The predicted octanol–water partition coefficient (Wildman–Crippen LogP) is 0.647. The molecule has 0 radical (unpaired) electrons. The first-order valence-corrected chi connectivity index (χ1v) is 8.28. The van der Waals surface area contributed by atoms with Crippen molar-refractivity contribution in [3.63, 3.8) is 0 Å². The Labute approximate surface area is 130 Å². The second-order valence-electron chi connectivity index (χ2n) is 6.96. The molecule has 4 heterocycles. The van der Waals surface area contributed by atoms with Crippen molar-refractivity contribution in [3.05, 3.63) is 18.0 Å². The van der Waals surface area contributed by atoms with Crippen molar-refractivity contribution in [3.8, 4) is 0 Å². The highest BCUT2D eigenvalue weighted by atomic mass is 16.5. The largest absolute Gasteiger partial charge is 0.380 e. The van der Waals surface area contributed by atoms with E-state index in [1.807, 2.05) is 17.9 Å². The van der Waals surface area contributed by atoms with Gasteiger partial charge < -0.3 is 10.1 Å². The highest BCUT2D eigenvalue weighted by Crippen LogP contribution is 2.43. The summed E-state index contributed by atoms with van der Waals surface area (Å²) in [5, 5.41) is 7.60.